The highest BCUT2D eigenvalue weighted by molar-refractivity contribution is 7.99. The summed E-state index contributed by atoms with van der Waals surface area (Å²) in [7, 11) is 1.71. The molecule has 0 aliphatic carbocycles. The Hall–Kier alpha value is -1.45. The monoisotopic (exact) mass is 301 g/mol. The maximum absolute atomic E-state index is 5.40. The highest BCUT2D eigenvalue weighted by atomic mass is 32.2. The first-order chi connectivity index (χ1) is 10.3. The number of methoxy groups -OCH3 is 1. The first-order valence-electron chi connectivity index (χ1n) is 7.42. The Morgan fingerprint density at radius 3 is 2.38 bits per heavy atom. The van der Waals surface area contributed by atoms with E-state index in [1.807, 2.05) is 18.2 Å². The molecule has 112 valence electrons. The maximum atomic E-state index is 5.40. The van der Waals surface area contributed by atoms with Crippen LogP contribution in [0.2, 0.25) is 0 Å². The minimum Gasteiger partial charge on any atom is -0.496 e. The van der Waals surface area contributed by atoms with Crippen LogP contribution in [0.15, 0.2) is 58.3 Å². The first-order valence-corrected chi connectivity index (χ1v) is 8.24. The molecule has 1 atom stereocenters. The summed E-state index contributed by atoms with van der Waals surface area (Å²) >= 11 is 1.73. The van der Waals surface area contributed by atoms with E-state index in [1.165, 1.54) is 10.5 Å². The Kier molecular flexibility index (Phi) is 6.15. The fourth-order valence-electron chi connectivity index (χ4n) is 2.34. The summed E-state index contributed by atoms with van der Waals surface area (Å²) in [5.74, 6) is 0.922. The second kappa shape index (κ2) is 8.11. The van der Waals surface area contributed by atoms with E-state index in [0.29, 0.717) is 6.04 Å². The molecule has 2 aromatic carbocycles. The van der Waals surface area contributed by atoms with E-state index in [9.17, 15) is 0 Å². The second-order valence-corrected chi connectivity index (χ2v) is 5.96. The molecule has 2 rings (SSSR count). The van der Waals surface area contributed by atoms with Crippen molar-refractivity contribution >= 4 is 11.8 Å². The third-order valence-electron chi connectivity index (χ3n) is 3.44. The zero-order valence-corrected chi connectivity index (χ0v) is 13.7. The third kappa shape index (κ3) is 4.26. The summed E-state index contributed by atoms with van der Waals surface area (Å²) in [6.45, 7) is 5.36. The predicted molar refractivity (Wildman–Crippen MR) is 90.3 cm³/mol. The molecule has 0 bridgehead atoms. The van der Waals surface area contributed by atoms with Crippen LogP contribution in [0.4, 0.5) is 0 Å². The van der Waals surface area contributed by atoms with Crippen LogP contribution in [0, 0.1) is 0 Å². The van der Waals surface area contributed by atoms with Crippen molar-refractivity contribution in [2.45, 2.75) is 36.1 Å². The predicted octanol–water partition coefficient (Wildman–Crippen LogP) is 4.91. The molecule has 2 nitrogen and oxygen atoms in total. The van der Waals surface area contributed by atoms with Crippen molar-refractivity contribution in [1.29, 1.82) is 0 Å². The van der Waals surface area contributed by atoms with Crippen LogP contribution in [-0.2, 0) is 0 Å². The van der Waals surface area contributed by atoms with Gasteiger partial charge in [0.15, 0.2) is 0 Å². The minimum absolute atomic E-state index is 0.445. The van der Waals surface area contributed by atoms with Crippen molar-refractivity contribution in [2.75, 3.05) is 13.7 Å². The number of hydrogen-bond acceptors (Lipinski definition) is 3. The SMILES string of the molecule is CCNC(CC)c1ccc(Sc2ccccc2OC)cc1. The van der Waals surface area contributed by atoms with Crippen molar-refractivity contribution in [1.82, 2.24) is 5.32 Å². The fourth-order valence-corrected chi connectivity index (χ4v) is 3.27. The summed E-state index contributed by atoms with van der Waals surface area (Å²) < 4.78 is 5.40. The molecule has 1 N–H and O–H groups in total. The molecule has 0 aliphatic heterocycles. The molecule has 0 amide bonds. The van der Waals surface area contributed by atoms with E-state index < -0.39 is 0 Å². The number of para-hydroxylation sites is 1. The lowest BCUT2D eigenvalue weighted by Crippen LogP contribution is -2.19. The summed E-state index contributed by atoms with van der Waals surface area (Å²) in [5, 5.41) is 3.51. The molecular weight excluding hydrogens is 278 g/mol. The Morgan fingerprint density at radius 2 is 1.76 bits per heavy atom. The zero-order chi connectivity index (χ0) is 15.1. The van der Waals surface area contributed by atoms with Gasteiger partial charge in [-0.25, -0.2) is 0 Å². The highest BCUT2D eigenvalue weighted by Crippen LogP contribution is 2.35. The van der Waals surface area contributed by atoms with Crippen LogP contribution >= 0.6 is 11.8 Å². The van der Waals surface area contributed by atoms with Gasteiger partial charge in [-0.2, -0.15) is 0 Å². The molecule has 1 unspecified atom stereocenters. The van der Waals surface area contributed by atoms with Crippen molar-refractivity contribution in [3.8, 4) is 5.75 Å². The number of hydrogen-bond donors (Lipinski definition) is 1. The quantitative estimate of drug-likeness (QED) is 0.785. The van der Waals surface area contributed by atoms with E-state index in [0.717, 1.165) is 23.6 Å². The van der Waals surface area contributed by atoms with Gasteiger partial charge in [-0.1, -0.05) is 49.9 Å². The van der Waals surface area contributed by atoms with Crippen LogP contribution in [0.1, 0.15) is 31.9 Å². The van der Waals surface area contributed by atoms with Crippen LogP contribution in [0.3, 0.4) is 0 Å². The number of ether oxygens (including phenoxy) is 1. The van der Waals surface area contributed by atoms with E-state index in [4.69, 9.17) is 4.74 Å². The normalized spacial score (nSPS) is 12.1. The van der Waals surface area contributed by atoms with Crippen LogP contribution in [-0.4, -0.2) is 13.7 Å². The van der Waals surface area contributed by atoms with Gasteiger partial charge in [0.05, 0.1) is 12.0 Å². The summed E-state index contributed by atoms with van der Waals surface area (Å²) in [4.78, 5) is 2.38. The Bertz CT molecular complexity index is 553. The van der Waals surface area contributed by atoms with Gasteiger partial charge in [-0.05, 0) is 42.8 Å². The van der Waals surface area contributed by atoms with Gasteiger partial charge in [-0.15, -0.1) is 0 Å². The molecule has 0 aliphatic rings. The largest absolute Gasteiger partial charge is 0.496 e. The van der Waals surface area contributed by atoms with E-state index in [2.05, 4.69) is 49.5 Å². The standard InChI is InChI=1S/C18H23NOS/c1-4-16(19-5-2)14-10-12-15(13-11-14)21-18-9-7-6-8-17(18)20-3/h6-13,16,19H,4-5H2,1-3H3. The molecule has 0 radical (unpaired) electrons. The van der Waals surface area contributed by atoms with E-state index >= 15 is 0 Å². The molecule has 0 saturated heterocycles. The van der Waals surface area contributed by atoms with E-state index in [1.54, 1.807) is 18.9 Å². The number of rotatable bonds is 7. The summed E-state index contributed by atoms with van der Waals surface area (Å²) in [5.41, 5.74) is 1.35. The minimum atomic E-state index is 0.445. The van der Waals surface area contributed by atoms with Gasteiger partial charge in [0.2, 0.25) is 0 Å². The van der Waals surface area contributed by atoms with Crippen molar-refractivity contribution < 1.29 is 4.74 Å². The van der Waals surface area contributed by atoms with Gasteiger partial charge in [0.25, 0.3) is 0 Å². The van der Waals surface area contributed by atoms with Crippen molar-refractivity contribution in [3.05, 3.63) is 54.1 Å². The van der Waals surface area contributed by atoms with Crippen molar-refractivity contribution in [3.63, 3.8) is 0 Å². The third-order valence-corrected chi connectivity index (χ3v) is 4.50. The number of benzene rings is 2. The highest BCUT2D eigenvalue weighted by Gasteiger charge is 2.08. The Morgan fingerprint density at radius 1 is 1.05 bits per heavy atom. The lowest BCUT2D eigenvalue weighted by atomic mass is 10.1. The Labute approximate surface area is 131 Å². The molecule has 0 aromatic heterocycles. The lowest BCUT2D eigenvalue weighted by Gasteiger charge is -2.16. The van der Waals surface area contributed by atoms with Crippen LogP contribution in [0.5, 0.6) is 5.75 Å². The van der Waals surface area contributed by atoms with Crippen LogP contribution in [0.25, 0.3) is 0 Å². The molecule has 2 aromatic rings. The van der Waals surface area contributed by atoms with Crippen molar-refractivity contribution in [2.24, 2.45) is 0 Å². The summed E-state index contributed by atoms with van der Waals surface area (Å²) in [6.07, 6.45) is 1.10. The first kappa shape index (κ1) is 15.9. The van der Waals surface area contributed by atoms with Crippen LogP contribution < -0.4 is 10.1 Å². The Balaban J connectivity index is 2.12. The molecule has 0 saturated carbocycles. The van der Waals surface area contributed by atoms with Gasteiger partial charge in [0, 0.05) is 10.9 Å². The molecule has 0 fully saturated rings. The van der Waals surface area contributed by atoms with E-state index in [-0.39, 0.29) is 0 Å². The topological polar surface area (TPSA) is 21.3 Å². The smallest absolute Gasteiger partial charge is 0.132 e. The molecule has 0 heterocycles. The zero-order valence-electron chi connectivity index (χ0n) is 12.9. The number of nitrogens with one attached hydrogen (secondary N) is 1. The molecular formula is C18H23NOS. The van der Waals surface area contributed by atoms with Gasteiger partial charge >= 0.3 is 0 Å². The molecule has 3 heteroatoms. The molecule has 0 spiro atoms. The van der Waals surface area contributed by atoms with Gasteiger partial charge < -0.3 is 10.1 Å². The average molecular weight is 301 g/mol. The summed E-state index contributed by atoms with van der Waals surface area (Å²) in [6, 6.07) is 17.4. The maximum Gasteiger partial charge on any atom is 0.132 e. The van der Waals surface area contributed by atoms with Gasteiger partial charge in [0.1, 0.15) is 5.75 Å². The second-order valence-electron chi connectivity index (χ2n) is 4.84. The fraction of sp³-hybridized carbons (Fsp3) is 0.333. The average Bonchev–Trinajstić information content (AvgIpc) is 2.54. The lowest BCUT2D eigenvalue weighted by molar-refractivity contribution is 0.405. The van der Waals surface area contributed by atoms with Gasteiger partial charge in [-0.3, -0.25) is 0 Å². The molecule has 21 heavy (non-hydrogen) atoms.